The van der Waals surface area contributed by atoms with Crippen molar-refractivity contribution in [2.45, 2.75) is 51.6 Å². The van der Waals surface area contributed by atoms with E-state index in [1.165, 1.54) is 25.3 Å². The van der Waals surface area contributed by atoms with E-state index in [0.29, 0.717) is 6.04 Å². The molecule has 0 radical (unpaired) electrons. The summed E-state index contributed by atoms with van der Waals surface area (Å²) >= 11 is 2.12. The summed E-state index contributed by atoms with van der Waals surface area (Å²) < 4.78 is 1.97. The second-order valence-electron chi connectivity index (χ2n) is 5.71. The molecule has 6 heteroatoms. The van der Waals surface area contributed by atoms with Gasteiger partial charge in [0, 0.05) is 49.4 Å². The van der Waals surface area contributed by atoms with E-state index in [2.05, 4.69) is 59.3 Å². The topological polar surface area (TPSA) is 46.0 Å². The van der Waals surface area contributed by atoms with Crippen LogP contribution in [-0.2, 0) is 13.1 Å². The van der Waals surface area contributed by atoms with Gasteiger partial charge in [0.05, 0.1) is 12.2 Å². The Morgan fingerprint density at radius 1 is 1.45 bits per heavy atom. The van der Waals surface area contributed by atoms with Crippen LogP contribution in [0.1, 0.15) is 32.9 Å². The van der Waals surface area contributed by atoms with E-state index in [-0.39, 0.29) is 0 Å². The molecule has 1 aliphatic rings. The van der Waals surface area contributed by atoms with Gasteiger partial charge in [0.2, 0.25) is 0 Å². The van der Waals surface area contributed by atoms with Crippen LogP contribution in [0.2, 0.25) is 0 Å². The summed E-state index contributed by atoms with van der Waals surface area (Å²) in [5.41, 5.74) is 1.03. The Morgan fingerprint density at radius 2 is 2.30 bits per heavy atom. The van der Waals surface area contributed by atoms with Crippen molar-refractivity contribution < 1.29 is 0 Å². The minimum atomic E-state index is 0.483. The van der Waals surface area contributed by atoms with Gasteiger partial charge in [-0.1, -0.05) is 26.0 Å². The molecule has 2 heterocycles. The van der Waals surface area contributed by atoms with E-state index in [4.69, 9.17) is 0 Å². The first-order chi connectivity index (χ1) is 9.67. The summed E-state index contributed by atoms with van der Waals surface area (Å²) in [6.07, 6.45) is 3.33. The van der Waals surface area contributed by atoms with Crippen molar-refractivity contribution in [1.82, 2.24) is 25.2 Å². The second-order valence-corrected chi connectivity index (χ2v) is 7.12. The molecule has 1 aromatic rings. The zero-order chi connectivity index (χ0) is 14.4. The lowest BCUT2D eigenvalue weighted by Crippen LogP contribution is -2.39. The summed E-state index contributed by atoms with van der Waals surface area (Å²) in [5, 5.41) is 12.6. The number of thioether (sulfide) groups is 1. The van der Waals surface area contributed by atoms with Crippen LogP contribution in [-0.4, -0.2) is 56.6 Å². The van der Waals surface area contributed by atoms with Crippen LogP contribution in [0.15, 0.2) is 6.20 Å². The van der Waals surface area contributed by atoms with Crippen molar-refractivity contribution in [3.8, 4) is 0 Å². The molecule has 0 aromatic carbocycles. The molecule has 5 nitrogen and oxygen atoms in total. The van der Waals surface area contributed by atoms with Crippen LogP contribution < -0.4 is 5.32 Å². The first-order valence-electron chi connectivity index (χ1n) is 7.63. The molecule has 0 amide bonds. The van der Waals surface area contributed by atoms with Crippen molar-refractivity contribution >= 4 is 11.8 Å². The van der Waals surface area contributed by atoms with E-state index < -0.39 is 0 Å². The first kappa shape index (κ1) is 15.8. The van der Waals surface area contributed by atoms with Crippen LogP contribution in [0.4, 0.5) is 0 Å². The van der Waals surface area contributed by atoms with Crippen LogP contribution in [0.5, 0.6) is 0 Å². The van der Waals surface area contributed by atoms with Crippen LogP contribution >= 0.6 is 11.8 Å². The summed E-state index contributed by atoms with van der Waals surface area (Å²) in [6.45, 7) is 11.8. The second kappa shape index (κ2) is 8.00. The molecule has 1 saturated heterocycles. The van der Waals surface area contributed by atoms with Crippen LogP contribution in [0, 0.1) is 0 Å². The zero-order valence-corrected chi connectivity index (χ0v) is 13.7. The lowest BCUT2D eigenvalue weighted by Gasteiger charge is -2.31. The predicted octanol–water partition coefficient (Wildman–Crippen LogP) is 1.60. The van der Waals surface area contributed by atoms with Gasteiger partial charge in [0.1, 0.15) is 0 Å². The van der Waals surface area contributed by atoms with E-state index >= 15 is 0 Å². The number of nitrogens with one attached hydrogen (secondary N) is 1. The lowest BCUT2D eigenvalue weighted by molar-refractivity contribution is 0.264. The molecule has 1 unspecified atom stereocenters. The van der Waals surface area contributed by atoms with Crippen LogP contribution in [0.25, 0.3) is 0 Å². The monoisotopic (exact) mass is 297 g/mol. The van der Waals surface area contributed by atoms with E-state index in [0.717, 1.165) is 30.6 Å². The Labute approximate surface area is 126 Å². The van der Waals surface area contributed by atoms with Crippen LogP contribution in [0.3, 0.4) is 0 Å². The molecular weight excluding hydrogens is 270 g/mol. The van der Waals surface area contributed by atoms with Gasteiger partial charge in [-0.05, 0) is 6.42 Å². The summed E-state index contributed by atoms with van der Waals surface area (Å²) in [5.74, 6) is 1.26. The SMILES string of the molecule is CCC1CN(CCn2cc(CNC(C)C)nn2)CCS1. The quantitative estimate of drug-likeness (QED) is 0.828. The highest BCUT2D eigenvalue weighted by molar-refractivity contribution is 8.00. The Kier molecular flexibility index (Phi) is 6.32. The third-order valence-electron chi connectivity index (χ3n) is 3.60. The summed E-state index contributed by atoms with van der Waals surface area (Å²) in [6, 6.07) is 0.483. The third kappa shape index (κ3) is 5.07. The third-order valence-corrected chi connectivity index (χ3v) is 4.97. The van der Waals surface area contributed by atoms with Crippen molar-refractivity contribution in [3.05, 3.63) is 11.9 Å². The molecule has 0 saturated carbocycles. The normalized spacial score (nSPS) is 20.7. The minimum absolute atomic E-state index is 0.483. The predicted molar refractivity (Wildman–Crippen MR) is 85.0 cm³/mol. The fourth-order valence-corrected chi connectivity index (χ4v) is 3.56. The molecule has 2 rings (SSSR count). The van der Waals surface area contributed by atoms with Gasteiger partial charge in [0.25, 0.3) is 0 Å². The molecule has 0 bridgehead atoms. The standard InChI is InChI=1S/C14H27N5S/c1-4-14-11-18(7-8-20-14)5-6-19-10-13(16-17-19)9-15-12(2)3/h10,12,14-15H,4-9,11H2,1-3H3. The van der Waals surface area contributed by atoms with Crippen molar-refractivity contribution in [2.75, 3.05) is 25.4 Å². The minimum Gasteiger partial charge on any atom is -0.309 e. The fourth-order valence-electron chi connectivity index (χ4n) is 2.31. The molecule has 0 spiro atoms. The van der Waals surface area contributed by atoms with Gasteiger partial charge in [0.15, 0.2) is 0 Å². The molecule has 0 aliphatic carbocycles. The maximum atomic E-state index is 4.21. The fraction of sp³-hybridized carbons (Fsp3) is 0.857. The average Bonchev–Trinajstić information content (AvgIpc) is 2.91. The van der Waals surface area contributed by atoms with E-state index in [1.54, 1.807) is 0 Å². The van der Waals surface area contributed by atoms with Crippen molar-refractivity contribution in [1.29, 1.82) is 0 Å². The maximum absolute atomic E-state index is 4.21. The number of nitrogens with zero attached hydrogens (tertiary/aromatic N) is 4. The lowest BCUT2D eigenvalue weighted by atomic mass is 10.3. The van der Waals surface area contributed by atoms with Gasteiger partial charge in [-0.15, -0.1) is 5.10 Å². The number of aromatic nitrogens is 3. The Hall–Kier alpha value is -0.590. The molecule has 1 aliphatic heterocycles. The summed E-state index contributed by atoms with van der Waals surface area (Å²) in [7, 11) is 0. The highest BCUT2D eigenvalue weighted by Crippen LogP contribution is 2.20. The van der Waals surface area contributed by atoms with Gasteiger partial charge in [-0.3, -0.25) is 9.58 Å². The molecule has 1 fully saturated rings. The molecule has 20 heavy (non-hydrogen) atoms. The smallest absolute Gasteiger partial charge is 0.0964 e. The summed E-state index contributed by atoms with van der Waals surface area (Å²) in [4.78, 5) is 2.55. The maximum Gasteiger partial charge on any atom is 0.0964 e. The van der Waals surface area contributed by atoms with Crippen molar-refractivity contribution in [2.24, 2.45) is 0 Å². The number of rotatable bonds is 7. The highest BCUT2D eigenvalue weighted by atomic mass is 32.2. The van der Waals surface area contributed by atoms with Gasteiger partial charge in [-0.25, -0.2) is 0 Å². The van der Waals surface area contributed by atoms with Gasteiger partial charge >= 0.3 is 0 Å². The molecule has 114 valence electrons. The largest absolute Gasteiger partial charge is 0.309 e. The van der Waals surface area contributed by atoms with Gasteiger partial charge < -0.3 is 5.32 Å². The highest BCUT2D eigenvalue weighted by Gasteiger charge is 2.18. The Morgan fingerprint density at radius 3 is 3.05 bits per heavy atom. The van der Waals surface area contributed by atoms with Gasteiger partial charge in [-0.2, -0.15) is 11.8 Å². The van der Waals surface area contributed by atoms with Crippen molar-refractivity contribution in [3.63, 3.8) is 0 Å². The Bertz CT molecular complexity index is 393. The molecule has 1 atom stereocenters. The first-order valence-corrected chi connectivity index (χ1v) is 8.68. The Balaban J connectivity index is 1.73. The number of hydrogen-bond donors (Lipinski definition) is 1. The van der Waals surface area contributed by atoms with E-state index in [1.807, 2.05) is 4.68 Å². The molecule has 1 aromatic heterocycles. The van der Waals surface area contributed by atoms with E-state index in [9.17, 15) is 0 Å². The number of hydrogen-bond acceptors (Lipinski definition) is 5. The average molecular weight is 297 g/mol. The molecular formula is C14H27N5S. The molecule has 1 N–H and O–H groups in total. The zero-order valence-electron chi connectivity index (χ0n) is 12.9.